The van der Waals surface area contributed by atoms with Gasteiger partial charge in [-0.3, -0.25) is 0 Å². The van der Waals surface area contributed by atoms with Gasteiger partial charge in [0.2, 0.25) is 0 Å². The van der Waals surface area contributed by atoms with Crippen molar-refractivity contribution < 1.29 is 9.59 Å². The predicted molar refractivity (Wildman–Crippen MR) is 72.0 cm³/mol. The molecule has 0 saturated heterocycles. The van der Waals surface area contributed by atoms with Crippen LogP contribution >= 0.6 is 0 Å². The summed E-state index contributed by atoms with van der Waals surface area (Å²) in [7, 11) is -3.79. The molecule has 0 amide bonds. The lowest BCUT2D eigenvalue weighted by Gasteiger charge is -2.25. The van der Waals surface area contributed by atoms with Crippen molar-refractivity contribution in [2.24, 2.45) is 11.8 Å². The summed E-state index contributed by atoms with van der Waals surface area (Å²) in [6.45, 7) is 12.4. The Morgan fingerprint density at radius 2 is 1.07 bits per heavy atom. The molecule has 0 spiro atoms. The fraction of sp³-hybridized carbons (Fsp3) is 1.00. The maximum Gasteiger partial charge on any atom is 0.182 e. The van der Waals surface area contributed by atoms with Crippen molar-refractivity contribution in [2.75, 3.05) is 0 Å². The van der Waals surface area contributed by atoms with Gasteiger partial charge >= 0.3 is 0 Å². The van der Waals surface area contributed by atoms with Gasteiger partial charge in [0, 0.05) is 0 Å². The third-order valence-corrected chi connectivity index (χ3v) is 5.89. The van der Waals surface area contributed by atoms with E-state index in [1.165, 1.54) is 0 Å². The standard InChI is InChI=1S/C11H28O2Si2/c1-10(8-14(3,4)12)7-11(2)9-15(5,6)13/h10-13H,7-9H2,1-6H3. The first-order chi connectivity index (χ1) is 6.49. The van der Waals surface area contributed by atoms with Gasteiger partial charge in [-0.25, -0.2) is 0 Å². The Hall–Kier alpha value is 0.354. The highest BCUT2D eigenvalue weighted by molar-refractivity contribution is 6.70. The fourth-order valence-electron chi connectivity index (χ4n) is 2.56. The smallest absolute Gasteiger partial charge is 0.182 e. The Balaban J connectivity index is 3.92. The molecule has 0 rings (SSSR count). The van der Waals surface area contributed by atoms with Gasteiger partial charge in [0.1, 0.15) is 0 Å². The van der Waals surface area contributed by atoms with E-state index in [1.54, 1.807) is 0 Å². The molecule has 0 aliphatic rings. The molecule has 0 aliphatic carbocycles. The van der Waals surface area contributed by atoms with Gasteiger partial charge in [0.15, 0.2) is 16.6 Å². The second-order valence-electron chi connectivity index (χ2n) is 6.48. The van der Waals surface area contributed by atoms with E-state index in [1.807, 2.05) is 26.2 Å². The minimum atomic E-state index is -1.90. The lowest BCUT2D eigenvalue weighted by molar-refractivity contribution is 0.425. The molecule has 0 aromatic rings. The van der Waals surface area contributed by atoms with Crippen LogP contribution in [0.4, 0.5) is 0 Å². The van der Waals surface area contributed by atoms with Crippen molar-refractivity contribution in [3.05, 3.63) is 0 Å². The zero-order chi connectivity index (χ0) is 12.3. The largest absolute Gasteiger partial charge is 0.432 e. The first-order valence-corrected chi connectivity index (χ1v) is 12.3. The van der Waals surface area contributed by atoms with Crippen molar-refractivity contribution in [3.8, 4) is 0 Å². The molecule has 2 atom stereocenters. The Labute approximate surface area is 97.0 Å². The van der Waals surface area contributed by atoms with Crippen LogP contribution in [-0.4, -0.2) is 26.2 Å². The number of rotatable bonds is 6. The molecule has 4 heteroatoms. The summed E-state index contributed by atoms with van der Waals surface area (Å²) in [5.41, 5.74) is 0. The van der Waals surface area contributed by atoms with E-state index in [0.717, 1.165) is 18.5 Å². The molecular weight excluding hydrogens is 220 g/mol. The highest BCUT2D eigenvalue weighted by atomic mass is 28.4. The summed E-state index contributed by atoms with van der Waals surface area (Å²) in [6.07, 6.45) is 1.13. The molecule has 0 aromatic carbocycles. The van der Waals surface area contributed by atoms with E-state index in [-0.39, 0.29) is 0 Å². The molecule has 2 unspecified atom stereocenters. The van der Waals surface area contributed by atoms with Crippen LogP contribution in [0.2, 0.25) is 38.3 Å². The average molecular weight is 249 g/mol. The highest BCUT2D eigenvalue weighted by Crippen LogP contribution is 2.25. The van der Waals surface area contributed by atoms with Crippen LogP contribution in [0.3, 0.4) is 0 Å². The van der Waals surface area contributed by atoms with Crippen LogP contribution in [0.1, 0.15) is 20.3 Å². The second-order valence-corrected chi connectivity index (χ2v) is 14.5. The van der Waals surface area contributed by atoms with Gasteiger partial charge in [-0.15, -0.1) is 0 Å². The molecule has 0 heterocycles. The van der Waals surface area contributed by atoms with Gasteiger partial charge in [0.05, 0.1) is 0 Å². The molecule has 0 bridgehead atoms. The first-order valence-electron chi connectivity index (χ1n) is 5.94. The minimum Gasteiger partial charge on any atom is -0.432 e. The third kappa shape index (κ3) is 10.6. The van der Waals surface area contributed by atoms with Crippen LogP contribution < -0.4 is 0 Å². The van der Waals surface area contributed by atoms with Gasteiger partial charge in [-0.05, 0) is 56.5 Å². The van der Waals surface area contributed by atoms with Crippen molar-refractivity contribution in [1.29, 1.82) is 0 Å². The zero-order valence-corrected chi connectivity index (χ0v) is 13.2. The van der Waals surface area contributed by atoms with Crippen LogP contribution in [0.5, 0.6) is 0 Å². The molecule has 0 aliphatic heterocycles. The van der Waals surface area contributed by atoms with E-state index >= 15 is 0 Å². The summed E-state index contributed by atoms with van der Waals surface area (Å²) in [6, 6.07) is 1.95. The topological polar surface area (TPSA) is 40.5 Å². The van der Waals surface area contributed by atoms with Gasteiger partial charge in [-0.1, -0.05) is 13.8 Å². The second kappa shape index (κ2) is 5.61. The van der Waals surface area contributed by atoms with Crippen molar-refractivity contribution in [2.45, 2.75) is 58.5 Å². The Bertz CT molecular complexity index is 162. The lowest BCUT2D eigenvalue weighted by atomic mass is 10.0. The molecule has 15 heavy (non-hydrogen) atoms. The van der Waals surface area contributed by atoms with Crippen LogP contribution in [0.25, 0.3) is 0 Å². The Kier molecular flexibility index (Phi) is 5.75. The van der Waals surface area contributed by atoms with Crippen molar-refractivity contribution >= 4 is 16.6 Å². The SMILES string of the molecule is CC(CC(C)C[Si](C)(C)O)C[Si](C)(C)O. The Morgan fingerprint density at radius 1 is 0.800 bits per heavy atom. The quantitative estimate of drug-likeness (QED) is 0.709. The summed E-state index contributed by atoms with van der Waals surface area (Å²) in [4.78, 5) is 19.7. The maximum absolute atomic E-state index is 9.83. The summed E-state index contributed by atoms with van der Waals surface area (Å²) in [5, 5.41) is 0. The fourth-order valence-corrected chi connectivity index (χ4v) is 6.30. The van der Waals surface area contributed by atoms with Crippen LogP contribution in [0.15, 0.2) is 0 Å². The summed E-state index contributed by atoms with van der Waals surface area (Å²) in [5.74, 6) is 1.17. The molecule has 2 nitrogen and oxygen atoms in total. The first kappa shape index (κ1) is 15.4. The van der Waals surface area contributed by atoms with Crippen molar-refractivity contribution in [3.63, 3.8) is 0 Å². The molecule has 92 valence electrons. The molecular formula is C11H28O2Si2. The maximum atomic E-state index is 9.83. The van der Waals surface area contributed by atoms with Crippen LogP contribution in [0, 0.1) is 11.8 Å². The molecule has 0 fully saturated rings. The minimum absolute atomic E-state index is 0.586. The van der Waals surface area contributed by atoms with E-state index in [0.29, 0.717) is 11.8 Å². The monoisotopic (exact) mass is 248 g/mol. The summed E-state index contributed by atoms with van der Waals surface area (Å²) < 4.78 is 0. The molecule has 0 saturated carbocycles. The summed E-state index contributed by atoms with van der Waals surface area (Å²) >= 11 is 0. The average Bonchev–Trinajstić information content (AvgIpc) is 1.73. The molecule has 2 N–H and O–H groups in total. The van der Waals surface area contributed by atoms with Gasteiger partial charge in [-0.2, -0.15) is 0 Å². The van der Waals surface area contributed by atoms with Crippen molar-refractivity contribution in [1.82, 2.24) is 0 Å². The lowest BCUT2D eigenvalue weighted by Crippen LogP contribution is -2.30. The van der Waals surface area contributed by atoms with E-state index in [2.05, 4.69) is 13.8 Å². The number of hydrogen-bond acceptors (Lipinski definition) is 2. The normalized spacial score (nSPS) is 17.6. The molecule has 0 radical (unpaired) electrons. The van der Waals surface area contributed by atoms with Gasteiger partial charge < -0.3 is 9.59 Å². The molecule has 0 aromatic heterocycles. The Morgan fingerprint density at radius 3 is 1.27 bits per heavy atom. The van der Waals surface area contributed by atoms with E-state index in [4.69, 9.17) is 0 Å². The number of hydrogen-bond donors (Lipinski definition) is 2. The highest BCUT2D eigenvalue weighted by Gasteiger charge is 2.25. The van der Waals surface area contributed by atoms with E-state index in [9.17, 15) is 9.59 Å². The van der Waals surface area contributed by atoms with Crippen LogP contribution in [-0.2, 0) is 0 Å². The third-order valence-electron chi connectivity index (χ3n) is 2.50. The van der Waals surface area contributed by atoms with Gasteiger partial charge in [0.25, 0.3) is 0 Å². The predicted octanol–water partition coefficient (Wildman–Crippen LogP) is 3.04. The van der Waals surface area contributed by atoms with E-state index < -0.39 is 16.6 Å². The zero-order valence-electron chi connectivity index (χ0n) is 11.2.